The number of carbonyl (C=O) groups is 2. The van der Waals surface area contributed by atoms with E-state index in [1.165, 1.54) is 0 Å². The third-order valence-corrected chi connectivity index (χ3v) is 5.98. The number of rotatable bonds is 4. The molecule has 8 nitrogen and oxygen atoms in total. The van der Waals surface area contributed by atoms with Gasteiger partial charge in [-0.3, -0.25) is 9.59 Å². The molecule has 33 heavy (non-hydrogen) atoms. The largest absolute Gasteiger partial charge is 0.457 e. The van der Waals surface area contributed by atoms with Crippen molar-refractivity contribution >= 4 is 17.8 Å². The number of amides is 1. The second kappa shape index (κ2) is 8.90. The maximum absolute atomic E-state index is 13.3. The zero-order valence-corrected chi connectivity index (χ0v) is 18.3. The van der Waals surface area contributed by atoms with Crippen LogP contribution in [0.3, 0.4) is 0 Å². The van der Waals surface area contributed by atoms with E-state index in [4.69, 9.17) is 9.47 Å². The molecule has 5 rings (SSSR count). The molecule has 0 spiro atoms. The first-order valence-corrected chi connectivity index (χ1v) is 11.0. The predicted molar refractivity (Wildman–Crippen MR) is 121 cm³/mol. The van der Waals surface area contributed by atoms with E-state index in [1.54, 1.807) is 30.3 Å². The fraction of sp³-hybridized carbons (Fsp3) is 0.280. The molecule has 8 heteroatoms. The number of ether oxygens (including phenoxy) is 2. The highest BCUT2D eigenvalue weighted by molar-refractivity contribution is 5.89. The summed E-state index contributed by atoms with van der Waals surface area (Å²) in [5.74, 6) is 0.586. The Morgan fingerprint density at radius 3 is 2.09 bits per heavy atom. The number of para-hydroxylation sites is 2. The summed E-state index contributed by atoms with van der Waals surface area (Å²) in [4.78, 5) is 38.6. The average Bonchev–Trinajstić information content (AvgIpc) is 2.87. The molecule has 2 aromatic carbocycles. The Morgan fingerprint density at radius 2 is 1.48 bits per heavy atom. The van der Waals surface area contributed by atoms with Gasteiger partial charge in [-0.25, -0.2) is 9.97 Å². The molecular weight excluding hydrogens is 420 g/mol. The van der Waals surface area contributed by atoms with Gasteiger partial charge in [-0.15, -0.1) is 0 Å². The van der Waals surface area contributed by atoms with Gasteiger partial charge in [0.15, 0.2) is 6.10 Å². The predicted octanol–water partition coefficient (Wildman–Crippen LogP) is 2.99. The second-order valence-corrected chi connectivity index (χ2v) is 8.05. The van der Waals surface area contributed by atoms with E-state index in [2.05, 4.69) is 9.97 Å². The lowest BCUT2D eigenvalue weighted by atomic mass is 9.88. The molecule has 0 saturated carbocycles. The molecule has 2 aliphatic rings. The minimum absolute atomic E-state index is 0.203. The summed E-state index contributed by atoms with van der Waals surface area (Å²) in [6.07, 6.45) is 2.52. The summed E-state index contributed by atoms with van der Waals surface area (Å²) < 4.78 is 11.7. The molecule has 2 aliphatic heterocycles. The van der Waals surface area contributed by atoms with E-state index in [0.29, 0.717) is 43.6 Å². The summed E-state index contributed by atoms with van der Waals surface area (Å²) in [6.45, 7) is 3.90. The molecule has 0 N–H and O–H groups in total. The van der Waals surface area contributed by atoms with E-state index in [1.807, 2.05) is 53.4 Å². The number of anilines is 1. The SMILES string of the molecule is CC(OC(=O)C1c2ccccc2Oc2ccccc21)C(=O)N1CCN(c2ncccn2)CC1. The van der Waals surface area contributed by atoms with Crippen molar-refractivity contribution in [1.82, 2.24) is 14.9 Å². The quantitative estimate of drug-likeness (QED) is 0.572. The van der Waals surface area contributed by atoms with Crippen LogP contribution in [0.4, 0.5) is 5.95 Å². The Labute approximate surface area is 191 Å². The van der Waals surface area contributed by atoms with Crippen LogP contribution in [-0.2, 0) is 14.3 Å². The van der Waals surface area contributed by atoms with Gasteiger partial charge in [0, 0.05) is 49.7 Å². The minimum Gasteiger partial charge on any atom is -0.457 e. The zero-order chi connectivity index (χ0) is 22.8. The summed E-state index contributed by atoms with van der Waals surface area (Å²) in [7, 11) is 0. The number of fused-ring (bicyclic) bond motifs is 2. The van der Waals surface area contributed by atoms with Crippen molar-refractivity contribution in [2.75, 3.05) is 31.1 Å². The Hall–Kier alpha value is -3.94. The summed E-state index contributed by atoms with van der Waals surface area (Å²) in [6, 6.07) is 16.6. The number of aromatic nitrogens is 2. The summed E-state index contributed by atoms with van der Waals surface area (Å²) in [5, 5.41) is 0. The fourth-order valence-electron chi connectivity index (χ4n) is 4.30. The third kappa shape index (κ3) is 4.11. The summed E-state index contributed by atoms with van der Waals surface area (Å²) in [5.41, 5.74) is 1.47. The van der Waals surface area contributed by atoms with Gasteiger partial charge in [0.25, 0.3) is 5.91 Å². The van der Waals surface area contributed by atoms with Crippen molar-refractivity contribution in [1.29, 1.82) is 0 Å². The first-order valence-electron chi connectivity index (χ1n) is 11.0. The Morgan fingerprint density at radius 1 is 0.909 bits per heavy atom. The number of nitrogens with zero attached hydrogens (tertiary/aromatic N) is 4. The Kier molecular flexibility index (Phi) is 5.64. The molecule has 3 aromatic rings. The van der Waals surface area contributed by atoms with Gasteiger partial charge in [-0.05, 0) is 25.1 Å². The van der Waals surface area contributed by atoms with Crippen molar-refractivity contribution < 1.29 is 19.1 Å². The Bertz CT molecular complexity index is 1120. The van der Waals surface area contributed by atoms with Crippen LogP contribution in [0.15, 0.2) is 67.0 Å². The van der Waals surface area contributed by atoms with Gasteiger partial charge >= 0.3 is 5.97 Å². The van der Waals surface area contributed by atoms with E-state index in [9.17, 15) is 9.59 Å². The van der Waals surface area contributed by atoms with Crippen molar-refractivity contribution in [2.24, 2.45) is 0 Å². The molecule has 1 amide bonds. The smallest absolute Gasteiger partial charge is 0.318 e. The molecule has 3 heterocycles. The first kappa shape index (κ1) is 20.9. The maximum atomic E-state index is 13.3. The average molecular weight is 444 g/mol. The molecular formula is C25H24N4O4. The van der Waals surface area contributed by atoms with Gasteiger partial charge < -0.3 is 19.3 Å². The molecule has 1 fully saturated rings. The van der Waals surface area contributed by atoms with Crippen molar-refractivity contribution in [2.45, 2.75) is 18.9 Å². The van der Waals surface area contributed by atoms with Gasteiger partial charge in [0.1, 0.15) is 17.4 Å². The Balaban J connectivity index is 1.27. The molecule has 1 aromatic heterocycles. The number of hydrogen-bond acceptors (Lipinski definition) is 7. The van der Waals surface area contributed by atoms with Gasteiger partial charge in [0.05, 0.1) is 0 Å². The lowest BCUT2D eigenvalue weighted by Gasteiger charge is -2.36. The molecule has 1 saturated heterocycles. The zero-order valence-electron chi connectivity index (χ0n) is 18.3. The fourth-order valence-corrected chi connectivity index (χ4v) is 4.30. The van der Waals surface area contributed by atoms with Crippen LogP contribution in [0.5, 0.6) is 11.5 Å². The van der Waals surface area contributed by atoms with Crippen molar-refractivity contribution in [3.63, 3.8) is 0 Å². The minimum atomic E-state index is -0.890. The lowest BCUT2D eigenvalue weighted by Crippen LogP contribution is -2.52. The van der Waals surface area contributed by atoms with Gasteiger partial charge in [-0.2, -0.15) is 0 Å². The van der Waals surface area contributed by atoms with Crippen LogP contribution >= 0.6 is 0 Å². The molecule has 0 bridgehead atoms. The molecule has 168 valence electrons. The number of esters is 1. The van der Waals surface area contributed by atoms with E-state index in [0.717, 1.165) is 11.1 Å². The highest BCUT2D eigenvalue weighted by Crippen LogP contribution is 2.44. The number of carbonyl (C=O) groups excluding carboxylic acids is 2. The standard InChI is InChI=1S/C25H24N4O4/c1-17(23(30)28-13-15-29(16-14-28)25-26-11-6-12-27-25)32-24(31)22-18-7-2-4-9-20(18)33-21-10-5-3-8-19(21)22/h2-12,17,22H,13-16H2,1H3. The second-order valence-electron chi connectivity index (χ2n) is 8.05. The van der Waals surface area contributed by atoms with Crippen LogP contribution in [0.2, 0.25) is 0 Å². The molecule has 1 atom stereocenters. The van der Waals surface area contributed by atoms with Gasteiger partial charge in [0.2, 0.25) is 5.95 Å². The molecule has 0 radical (unpaired) electrons. The monoisotopic (exact) mass is 444 g/mol. The van der Waals surface area contributed by atoms with Gasteiger partial charge in [-0.1, -0.05) is 36.4 Å². The van der Waals surface area contributed by atoms with E-state index >= 15 is 0 Å². The maximum Gasteiger partial charge on any atom is 0.318 e. The topological polar surface area (TPSA) is 84.9 Å². The van der Waals surface area contributed by atoms with E-state index in [-0.39, 0.29) is 5.91 Å². The van der Waals surface area contributed by atoms with Crippen LogP contribution in [0.25, 0.3) is 0 Å². The van der Waals surface area contributed by atoms with E-state index < -0.39 is 18.0 Å². The number of benzene rings is 2. The number of piperazine rings is 1. The van der Waals surface area contributed by atoms with Crippen LogP contribution in [0, 0.1) is 0 Å². The van der Waals surface area contributed by atoms with Crippen LogP contribution in [-0.4, -0.2) is 59.0 Å². The van der Waals surface area contributed by atoms with Crippen molar-refractivity contribution in [3.8, 4) is 11.5 Å². The third-order valence-electron chi connectivity index (χ3n) is 5.98. The van der Waals surface area contributed by atoms with Crippen LogP contribution < -0.4 is 9.64 Å². The highest BCUT2D eigenvalue weighted by Gasteiger charge is 2.36. The van der Waals surface area contributed by atoms with Crippen LogP contribution in [0.1, 0.15) is 24.0 Å². The molecule has 1 unspecified atom stereocenters. The summed E-state index contributed by atoms with van der Waals surface area (Å²) >= 11 is 0. The molecule has 0 aliphatic carbocycles. The number of hydrogen-bond donors (Lipinski definition) is 0. The highest BCUT2D eigenvalue weighted by atomic mass is 16.5. The normalized spacial score (nSPS) is 16.3. The van der Waals surface area contributed by atoms with Crippen molar-refractivity contribution in [3.05, 3.63) is 78.1 Å². The lowest BCUT2D eigenvalue weighted by molar-refractivity contribution is -0.159. The first-order chi connectivity index (χ1) is 16.1.